The van der Waals surface area contributed by atoms with Gasteiger partial charge in [0.2, 0.25) is 0 Å². The van der Waals surface area contributed by atoms with Crippen molar-refractivity contribution < 1.29 is 19.4 Å². The van der Waals surface area contributed by atoms with E-state index in [0.717, 1.165) is 0 Å². The number of carboxylic acid groups (broad SMARTS) is 1. The van der Waals surface area contributed by atoms with Gasteiger partial charge in [0.15, 0.2) is 0 Å². The fourth-order valence-corrected chi connectivity index (χ4v) is 1.14. The van der Waals surface area contributed by atoms with Gasteiger partial charge in [0.1, 0.15) is 0 Å². The quantitative estimate of drug-likeness (QED) is 0.586. The molecule has 4 heteroatoms. The lowest BCUT2D eigenvalue weighted by atomic mass is 9.93. The van der Waals surface area contributed by atoms with Crippen LogP contribution in [0.5, 0.6) is 0 Å². The molecule has 2 atom stereocenters. The molecule has 0 amide bonds. The molecule has 62 valence electrons. The number of rotatable bonds is 2. The first-order chi connectivity index (χ1) is 5.13. The Kier molecular flexibility index (Phi) is 2.12. The fraction of sp³-hybridized carbons (Fsp3) is 0.714. The lowest BCUT2D eigenvalue weighted by Gasteiger charge is -2.08. The molecule has 0 aromatic carbocycles. The minimum absolute atomic E-state index is 0.362. The summed E-state index contributed by atoms with van der Waals surface area (Å²) in [5, 5.41) is 8.55. The number of esters is 1. The maximum Gasteiger partial charge on any atom is 0.309 e. The number of carboxylic acids is 1. The standard InChI is InChI=1S/C7H10O4/c1-4(6(8)9)5-2-3-11-7(5)10/h4-5H,2-3H2,1H3,(H,8,9). The second-order valence-electron chi connectivity index (χ2n) is 2.69. The van der Waals surface area contributed by atoms with Gasteiger partial charge >= 0.3 is 11.9 Å². The first kappa shape index (κ1) is 8.04. The Labute approximate surface area is 64.2 Å². The van der Waals surface area contributed by atoms with E-state index in [4.69, 9.17) is 5.11 Å². The molecule has 0 radical (unpaired) electrons. The molecular formula is C7H10O4. The number of hydrogen-bond donors (Lipinski definition) is 1. The van der Waals surface area contributed by atoms with Crippen LogP contribution in [0.25, 0.3) is 0 Å². The van der Waals surface area contributed by atoms with Crippen molar-refractivity contribution >= 4 is 11.9 Å². The highest BCUT2D eigenvalue weighted by Crippen LogP contribution is 2.22. The zero-order chi connectivity index (χ0) is 8.43. The van der Waals surface area contributed by atoms with Crippen LogP contribution in [-0.2, 0) is 14.3 Å². The summed E-state index contributed by atoms with van der Waals surface area (Å²) < 4.78 is 4.63. The second kappa shape index (κ2) is 2.90. The van der Waals surface area contributed by atoms with Crippen molar-refractivity contribution in [2.24, 2.45) is 11.8 Å². The molecule has 1 heterocycles. The molecule has 2 unspecified atom stereocenters. The molecule has 0 saturated carbocycles. The van der Waals surface area contributed by atoms with Gasteiger partial charge in [0, 0.05) is 0 Å². The summed E-state index contributed by atoms with van der Waals surface area (Å²) in [7, 11) is 0. The highest BCUT2D eigenvalue weighted by atomic mass is 16.5. The SMILES string of the molecule is CC(C(=O)O)C1CCOC1=O. The van der Waals surface area contributed by atoms with Gasteiger partial charge in [-0.15, -0.1) is 0 Å². The van der Waals surface area contributed by atoms with Crippen molar-refractivity contribution in [3.05, 3.63) is 0 Å². The largest absolute Gasteiger partial charge is 0.481 e. The summed E-state index contributed by atoms with van der Waals surface area (Å²) in [4.78, 5) is 21.3. The van der Waals surface area contributed by atoms with E-state index >= 15 is 0 Å². The highest BCUT2D eigenvalue weighted by Gasteiger charge is 2.35. The average Bonchev–Trinajstić information content (AvgIpc) is 2.33. The number of cyclic esters (lactones) is 1. The van der Waals surface area contributed by atoms with E-state index in [2.05, 4.69) is 4.74 Å². The van der Waals surface area contributed by atoms with E-state index in [0.29, 0.717) is 13.0 Å². The lowest BCUT2D eigenvalue weighted by molar-refractivity contribution is -0.150. The van der Waals surface area contributed by atoms with Gasteiger partial charge in [-0.05, 0) is 6.42 Å². The molecule has 11 heavy (non-hydrogen) atoms. The molecule has 1 aliphatic rings. The third-order valence-electron chi connectivity index (χ3n) is 1.97. The third-order valence-corrected chi connectivity index (χ3v) is 1.97. The summed E-state index contributed by atoms with van der Waals surface area (Å²) in [6, 6.07) is 0. The van der Waals surface area contributed by atoms with Gasteiger partial charge in [-0.2, -0.15) is 0 Å². The monoisotopic (exact) mass is 158 g/mol. The topological polar surface area (TPSA) is 63.6 Å². The fourth-order valence-electron chi connectivity index (χ4n) is 1.14. The maximum absolute atomic E-state index is 10.8. The van der Waals surface area contributed by atoms with Crippen LogP contribution in [0, 0.1) is 11.8 Å². The van der Waals surface area contributed by atoms with Crippen LogP contribution < -0.4 is 0 Å². The van der Waals surface area contributed by atoms with Crippen LogP contribution in [0.1, 0.15) is 13.3 Å². The Bertz CT molecular complexity index is 187. The molecule has 4 nitrogen and oxygen atoms in total. The molecule has 0 spiro atoms. The first-order valence-electron chi connectivity index (χ1n) is 3.52. The van der Waals surface area contributed by atoms with E-state index < -0.39 is 17.8 Å². The predicted molar refractivity (Wildman–Crippen MR) is 35.9 cm³/mol. The highest BCUT2D eigenvalue weighted by molar-refractivity contribution is 5.81. The number of aliphatic carboxylic acids is 1. The van der Waals surface area contributed by atoms with Gasteiger partial charge in [0.05, 0.1) is 18.4 Å². The molecule has 0 aromatic rings. The Morgan fingerprint density at radius 2 is 2.45 bits per heavy atom. The van der Waals surface area contributed by atoms with Crippen molar-refractivity contribution in [3.8, 4) is 0 Å². The molecule has 1 saturated heterocycles. The summed E-state index contributed by atoms with van der Waals surface area (Å²) in [6.07, 6.45) is 0.534. The van der Waals surface area contributed by atoms with Gasteiger partial charge in [-0.25, -0.2) is 0 Å². The molecule has 0 bridgehead atoms. The van der Waals surface area contributed by atoms with Crippen molar-refractivity contribution in [1.29, 1.82) is 0 Å². The van der Waals surface area contributed by atoms with Crippen molar-refractivity contribution in [1.82, 2.24) is 0 Å². The van der Waals surface area contributed by atoms with Crippen LogP contribution in [0.3, 0.4) is 0 Å². The van der Waals surface area contributed by atoms with E-state index in [1.807, 2.05) is 0 Å². The minimum atomic E-state index is -0.936. The summed E-state index contributed by atoms with van der Waals surface area (Å²) >= 11 is 0. The Morgan fingerprint density at radius 3 is 2.82 bits per heavy atom. The van der Waals surface area contributed by atoms with Gasteiger partial charge in [-0.3, -0.25) is 9.59 Å². The summed E-state index contributed by atoms with van der Waals surface area (Å²) in [6.45, 7) is 1.89. The summed E-state index contributed by atoms with van der Waals surface area (Å²) in [5.74, 6) is -2.37. The second-order valence-corrected chi connectivity index (χ2v) is 2.69. The maximum atomic E-state index is 10.8. The molecular weight excluding hydrogens is 148 g/mol. The molecule has 0 aliphatic carbocycles. The van der Waals surface area contributed by atoms with E-state index in [9.17, 15) is 9.59 Å². The van der Waals surface area contributed by atoms with Crippen LogP contribution in [0.15, 0.2) is 0 Å². The van der Waals surface area contributed by atoms with E-state index in [1.54, 1.807) is 0 Å². The van der Waals surface area contributed by atoms with Crippen molar-refractivity contribution in [3.63, 3.8) is 0 Å². The predicted octanol–water partition coefficient (Wildman–Crippen LogP) is 0.270. The molecule has 0 aromatic heterocycles. The van der Waals surface area contributed by atoms with Crippen molar-refractivity contribution in [2.75, 3.05) is 6.61 Å². The molecule has 1 aliphatic heterocycles. The van der Waals surface area contributed by atoms with Gasteiger partial charge in [0.25, 0.3) is 0 Å². The average molecular weight is 158 g/mol. The lowest BCUT2D eigenvalue weighted by Crippen LogP contribution is -2.23. The normalized spacial score (nSPS) is 26.3. The molecule has 1 rings (SSSR count). The van der Waals surface area contributed by atoms with Crippen LogP contribution >= 0.6 is 0 Å². The van der Waals surface area contributed by atoms with Crippen LogP contribution in [0.2, 0.25) is 0 Å². The zero-order valence-corrected chi connectivity index (χ0v) is 6.24. The number of ether oxygens (including phenoxy) is 1. The molecule has 1 N–H and O–H groups in total. The van der Waals surface area contributed by atoms with Crippen molar-refractivity contribution in [2.45, 2.75) is 13.3 Å². The summed E-state index contributed by atoms with van der Waals surface area (Å²) in [5.41, 5.74) is 0. The number of carbonyl (C=O) groups is 2. The Balaban J connectivity index is 2.59. The minimum Gasteiger partial charge on any atom is -0.481 e. The van der Waals surface area contributed by atoms with Crippen LogP contribution in [-0.4, -0.2) is 23.7 Å². The first-order valence-corrected chi connectivity index (χ1v) is 3.52. The van der Waals surface area contributed by atoms with E-state index in [1.165, 1.54) is 6.92 Å². The third kappa shape index (κ3) is 1.50. The number of hydrogen-bond acceptors (Lipinski definition) is 3. The zero-order valence-electron chi connectivity index (χ0n) is 6.24. The van der Waals surface area contributed by atoms with Gasteiger partial charge < -0.3 is 9.84 Å². The van der Waals surface area contributed by atoms with Crippen LogP contribution in [0.4, 0.5) is 0 Å². The smallest absolute Gasteiger partial charge is 0.309 e. The molecule has 1 fully saturated rings. The van der Waals surface area contributed by atoms with Gasteiger partial charge in [-0.1, -0.05) is 6.92 Å². The Morgan fingerprint density at radius 1 is 1.82 bits per heavy atom. The number of carbonyl (C=O) groups excluding carboxylic acids is 1. The Hall–Kier alpha value is -1.06. The van der Waals surface area contributed by atoms with E-state index in [-0.39, 0.29) is 5.97 Å².